The number of rotatable bonds is 9. The number of unbranched alkanes of at least 4 members (excludes halogenated alkanes) is 7. The van der Waals surface area contributed by atoms with E-state index in [1.165, 1.54) is 68.9 Å². The molecule has 1 rings (SSSR count). The van der Waals surface area contributed by atoms with Crippen LogP contribution in [0.4, 0.5) is 0 Å². The summed E-state index contributed by atoms with van der Waals surface area (Å²) < 4.78 is 0. The van der Waals surface area contributed by atoms with Crippen LogP contribution in [0.15, 0.2) is 24.3 Å². The van der Waals surface area contributed by atoms with Crippen molar-refractivity contribution in [1.29, 1.82) is 0 Å². The zero-order chi connectivity index (χ0) is 14.8. The molecule has 0 amide bonds. The second kappa shape index (κ2) is 9.21. The predicted octanol–water partition coefficient (Wildman–Crippen LogP) is 6.67. The molecule has 0 N–H and O–H groups in total. The standard InChI is InChI=1S/C20H34/c1-5-6-7-8-9-10-11-12-14-18-15-13-16-19(17-18)20(2,3)4/h13,15-17H,5-12,14H2,1-4H3. The lowest BCUT2D eigenvalue weighted by atomic mass is 9.86. The van der Waals surface area contributed by atoms with Gasteiger partial charge in [-0.25, -0.2) is 0 Å². The molecule has 0 saturated carbocycles. The highest BCUT2D eigenvalue weighted by Crippen LogP contribution is 2.23. The fourth-order valence-corrected chi connectivity index (χ4v) is 2.66. The van der Waals surface area contributed by atoms with Gasteiger partial charge in [0.05, 0.1) is 0 Å². The molecule has 0 heteroatoms. The van der Waals surface area contributed by atoms with Crippen molar-refractivity contribution in [3.63, 3.8) is 0 Å². The first-order chi connectivity index (χ1) is 9.54. The summed E-state index contributed by atoms with van der Waals surface area (Å²) in [6, 6.07) is 9.18. The lowest BCUT2D eigenvalue weighted by Crippen LogP contribution is -2.11. The van der Waals surface area contributed by atoms with Gasteiger partial charge < -0.3 is 0 Å². The van der Waals surface area contributed by atoms with Crippen LogP contribution >= 0.6 is 0 Å². The Morgan fingerprint density at radius 2 is 1.40 bits per heavy atom. The van der Waals surface area contributed by atoms with Crippen LogP contribution in [0.2, 0.25) is 0 Å². The smallest absolute Gasteiger partial charge is 0.0132 e. The van der Waals surface area contributed by atoms with Gasteiger partial charge in [0.2, 0.25) is 0 Å². The summed E-state index contributed by atoms with van der Waals surface area (Å²) in [7, 11) is 0. The molecule has 0 fully saturated rings. The van der Waals surface area contributed by atoms with Gasteiger partial charge in [-0.15, -0.1) is 0 Å². The van der Waals surface area contributed by atoms with Crippen LogP contribution in [0.5, 0.6) is 0 Å². The van der Waals surface area contributed by atoms with Crippen LogP contribution in [0.3, 0.4) is 0 Å². The molecule has 0 aliphatic rings. The molecule has 1 aromatic rings. The Labute approximate surface area is 127 Å². The fourth-order valence-electron chi connectivity index (χ4n) is 2.66. The van der Waals surface area contributed by atoms with Crippen LogP contribution in [0.25, 0.3) is 0 Å². The minimum Gasteiger partial charge on any atom is -0.0654 e. The van der Waals surface area contributed by atoms with Crippen LogP contribution < -0.4 is 0 Å². The molecule has 0 atom stereocenters. The van der Waals surface area contributed by atoms with Gasteiger partial charge in [-0.2, -0.15) is 0 Å². The molecule has 0 radical (unpaired) electrons. The zero-order valence-corrected chi connectivity index (χ0v) is 14.2. The molecule has 0 aromatic heterocycles. The first-order valence-corrected chi connectivity index (χ1v) is 8.63. The Balaban J connectivity index is 2.19. The molecule has 0 nitrogen and oxygen atoms in total. The van der Waals surface area contributed by atoms with Gasteiger partial charge in [0.15, 0.2) is 0 Å². The van der Waals surface area contributed by atoms with E-state index in [2.05, 4.69) is 52.0 Å². The highest BCUT2D eigenvalue weighted by Gasteiger charge is 2.13. The van der Waals surface area contributed by atoms with Crippen LogP contribution in [-0.4, -0.2) is 0 Å². The molecular weight excluding hydrogens is 240 g/mol. The van der Waals surface area contributed by atoms with E-state index >= 15 is 0 Å². The van der Waals surface area contributed by atoms with Crippen LogP contribution in [-0.2, 0) is 11.8 Å². The Morgan fingerprint density at radius 3 is 2.00 bits per heavy atom. The second-order valence-electron chi connectivity index (χ2n) is 7.18. The Kier molecular flexibility index (Phi) is 7.95. The second-order valence-corrected chi connectivity index (χ2v) is 7.18. The normalized spacial score (nSPS) is 11.8. The number of hydrogen-bond donors (Lipinski definition) is 0. The van der Waals surface area contributed by atoms with E-state index in [4.69, 9.17) is 0 Å². The maximum Gasteiger partial charge on any atom is -0.0132 e. The maximum absolute atomic E-state index is 2.40. The van der Waals surface area contributed by atoms with Gasteiger partial charge in [0.25, 0.3) is 0 Å². The maximum atomic E-state index is 2.40. The molecule has 114 valence electrons. The number of aryl methyl sites for hydroxylation is 1. The number of hydrogen-bond acceptors (Lipinski definition) is 0. The van der Waals surface area contributed by atoms with Gasteiger partial charge in [-0.05, 0) is 29.4 Å². The summed E-state index contributed by atoms with van der Waals surface area (Å²) in [6.07, 6.45) is 12.5. The number of benzene rings is 1. The molecule has 20 heavy (non-hydrogen) atoms. The van der Waals surface area contributed by atoms with Crippen molar-refractivity contribution < 1.29 is 0 Å². The first-order valence-electron chi connectivity index (χ1n) is 8.63. The van der Waals surface area contributed by atoms with E-state index in [-0.39, 0.29) is 5.41 Å². The van der Waals surface area contributed by atoms with Crippen molar-refractivity contribution >= 4 is 0 Å². The Morgan fingerprint density at radius 1 is 0.800 bits per heavy atom. The third-order valence-electron chi connectivity index (χ3n) is 4.11. The van der Waals surface area contributed by atoms with Crippen molar-refractivity contribution in [2.75, 3.05) is 0 Å². The van der Waals surface area contributed by atoms with Crippen molar-refractivity contribution in [2.45, 2.75) is 90.9 Å². The van der Waals surface area contributed by atoms with Gasteiger partial charge in [0, 0.05) is 0 Å². The van der Waals surface area contributed by atoms with Crippen molar-refractivity contribution in [3.8, 4) is 0 Å². The topological polar surface area (TPSA) is 0 Å². The lowest BCUT2D eigenvalue weighted by molar-refractivity contribution is 0.573. The van der Waals surface area contributed by atoms with Gasteiger partial charge >= 0.3 is 0 Å². The van der Waals surface area contributed by atoms with Gasteiger partial charge in [-0.3, -0.25) is 0 Å². The predicted molar refractivity (Wildman–Crippen MR) is 91.5 cm³/mol. The molecule has 0 bridgehead atoms. The highest BCUT2D eigenvalue weighted by atomic mass is 14.2. The largest absolute Gasteiger partial charge is 0.0654 e. The lowest BCUT2D eigenvalue weighted by Gasteiger charge is -2.19. The average Bonchev–Trinajstić information content (AvgIpc) is 2.41. The summed E-state index contributed by atoms with van der Waals surface area (Å²) in [5, 5.41) is 0. The van der Waals surface area contributed by atoms with Crippen molar-refractivity contribution in [2.24, 2.45) is 0 Å². The Bertz CT molecular complexity index is 357. The first kappa shape index (κ1) is 17.3. The van der Waals surface area contributed by atoms with Crippen molar-refractivity contribution in [1.82, 2.24) is 0 Å². The van der Waals surface area contributed by atoms with Crippen LogP contribution in [0.1, 0.15) is 90.2 Å². The van der Waals surface area contributed by atoms with E-state index in [1.807, 2.05) is 0 Å². The summed E-state index contributed by atoms with van der Waals surface area (Å²) in [5.74, 6) is 0. The van der Waals surface area contributed by atoms with Crippen LogP contribution in [0, 0.1) is 0 Å². The van der Waals surface area contributed by atoms with E-state index in [1.54, 1.807) is 0 Å². The molecule has 0 aliphatic carbocycles. The summed E-state index contributed by atoms with van der Waals surface area (Å²) >= 11 is 0. The third kappa shape index (κ3) is 7.12. The fraction of sp³-hybridized carbons (Fsp3) is 0.700. The third-order valence-corrected chi connectivity index (χ3v) is 4.11. The minimum absolute atomic E-state index is 0.273. The summed E-state index contributed by atoms with van der Waals surface area (Å²) in [6.45, 7) is 9.17. The molecule has 0 unspecified atom stereocenters. The average molecular weight is 274 g/mol. The van der Waals surface area contributed by atoms with E-state index in [9.17, 15) is 0 Å². The summed E-state index contributed by atoms with van der Waals surface area (Å²) in [4.78, 5) is 0. The highest BCUT2D eigenvalue weighted by molar-refractivity contribution is 5.28. The zero-order valence-electron chi connectivity index (χ0n) is 14.2. The summed E-state index contributed by atoms with van der Waals surface area (Å²) in [5.41, 5.74) is 3.26. The van der Waals surface area contributed by atoms with E-state index < -0.39 is 0 Å². The molecule has 0 spiro atoms. The quantitative estimate of drug-likeness (QED) is 0.441. The molecule has 0 saturated heterocycles. The molecule has 0 aliphatic heterocycles. The van der Waals surface area contributed by atoms with Gasteiger partial charge in [-0.1, -0.05) is 96.9 Å². The van der Waals surface area contributed by atoms with E-state index in [0.717, 1.165) is 0 Å². The molecular formula is C20H34. The van der Waals surface area contributed by atoms with Crippen molar-refractivity contribution in [3.05, 3.63) is 35.4 Å². The molecule has 1 aromatic carbocycles. The van der Waals surface area contributed by atoms with Gasteiger partial charge in [0.1, 0.15) is 0 Å². The van der Waals surface area contributed by atoms with E-state index in [0.29, 0.717) is 0 Å². The molecule has 0 heterocycles. The minimum atomic E-state index is 0.273. The Hall–Kier alpha value is -0.780. The SMILES string of the molecule is CCCCCCCCCCc1cccc(C(C)(C)C)c1. The monoisotopic (exact) mass is 274 g/mol.